The van der Waals surface area contributed by atoms with Gasteiger partial charge in [-0.25, -0.2) is 45.9 Å². The van der Waals surface area contributed by atoms with Gasteiger partial charge in [0.05, 0.1) is 5.34 Å². The second-order valence-corrected chi connectivity index (χ2v) is 12.6. The average molecular weight is 876 g/mol. The van der Waals surface area contributed by atoms with E-state index in [4.69, 9.17) is 33.4 Å². The highest BCUT2D eigenvalue weighted by Crippen LogP contribution is 2.32. The Balaban J connectivity index is 0.000000237. The molecule has 296 valence electrons. The number of carbonyl (C=O) groups is 2. The molecule has 0 saturated carbocycles. The minimum absolute atomic E-state index is 0.0817. The maximum absolute atomic E-state index is 13.6. The van der Waals surface area contributed by atoms with E-state index < -0.39 is 81.6 Å². The van der Waals surface area contributed by atoms with Crippen molar-refractivity contribution in [3.63, 3.8) is 0 Å². The van der Waals surface area contributed by atoms with Gasteiger partial charge in [0.15, 0.2) is 17.1 Å². The minimum Gasteiger partial charge on any atom is -0.503 e. The summed E-state index contributed by atoms with van der Waals surface area (Å²) in [6.45, 7) is 3.73. The molecule has 0 unspecified atom stereocenters. The predicted octanol–water partition coefficient (Wildman–Crippen LogP) is 10.1. The lowest BCUT2D eigenvalue weighted by molar-refractivity contribution is 0.0687. The van der Waals surface area contributed by atoms with Crippen LogP contribution in [0.5, 0.6) is 11.5 Å². The molecule has 0 aliphatic carbocycles. The molecule has 0 bridgehead atoms. The zero-order valence-corrected chi connectivity index (χ0v) is 30.7. The number of halogens is 12. The van der Waals surface area contributed by atoms with Crippen molar-refractivity contribution < 1.29 is 68.4 Å². The van der Waals surface area contributed by atoms with Crippen LogP contribution in [-0.2, 0) is 0 Å². The number of pyridine rings is 2. The number of ether oxygens (including phenoxy) is 1. The monoisotopic (exact) mass is 874 g/mol. The highest BCUT2D eigenvalue weighted by molar-refractivity contribution is 7.13. The van der Waals surface area contributed by atoms with Crippen molar-refractivity contribution in [2.45, 2.75) is 13.8 Å². The van der Waals surface area contributed by atoms with Gasteiger partial charge in [0.25, 0.3) is 0 Å². The minimum atomic E-state index is -2.34. The van der Waals surface area contributed by atoms with Gasteiger partial charge in [-0.15, -0.1) is 45.9 Å². The molecule has 9 nitrogen and oxygen atoms in total. The quantitative estimate of drug-likeness (QED) is 0.0433. The number of carboxylic acid groups (broad SMARTS) is 1. The van der Waals surface area contributed by atoms with Gasteiger partial charge >= 0.3 is 11.9 Å². The van der Waals surface area contributed by atoms with E-state index in [1.165, 1.54) is 28.3 Å². The first-order valence-electron chi connectivity index (χ1n) is 14.4. The van der Waals surface area contributed by atoms with Crippen LogP contribution >= 0.6 is 45.9 Å². The molecule has 0 atom stereocenters. The molecule has 0 saturated heterocycles. The molecule has 0 aliphatic heterocycles. The van der Waals surface area contributed by atoms with E-state index in [-0.39, 0.29) is 16.7 Å². The molecular formula is C33H18Cl2F10N4O5S2. The summed E-state index contributed by atoms with van der Waals surface area (Å²) in [4.78, 5) is 38.5. The third-order valence-corrected chi connectivity index (χ3v) is 8.28. The Morgan fingerprint density at radius 1 is 0.643 bits per heavy atom. The number of alkyl halides is 2. The van der Waals surface area contributed by atoms with Gasteiger partial charge in [-0.3, -0.25) is 9.97 Å². The molecule has 6 rings (SSSR count). The molecule has 0 spiro atoms. The number of phenols is 1. The number of aromatic nitrogens is 4. The van der Waals surface area contributed by atoms with Crippen molar-refractivity contribution in [1.29, 1.82) is 0 Å². The van der Waals surface area contributed by atoms with E-state index in [0.29, 0.717) is 15.6 Å². The number of hydrogen-bond acceptors (Lipinski definition) is 10. The molecule has 0 radical (unpaired) electrons. The summed E-state index contributed by atoms with van der Waals surface area (Å²) >= 11 is 11.9. The van der Waals surface area contributed by atoms with Crippen LogP contribution < -0.4 is 4.74 Å². The summed E-state index contributed by atoms with van der Waals surface area (Å²) in [7, 11) is 0. The van der Waals surface area contributed by atoms with Crippen LogP contribution in [0.4, 0.5) is 43.9 Å². The van der Waals surface area contributed by atoms with Crippen LogP contribution in [0.15, 0.2) is 47.7 Å². The third-order valence-electron chi connectivity index (χ3n) is 6.53. The Labute approximate surface area is 325 Å². The molecule has 4 aromatic heterocycles. The van der Waals surface area contributed by atoms with Gasteiger partial charge < -0.3 is 14.9 Å². The number of rotatable bonds is 5. The molecule has 2 N–H and O–H groups in total. The van der Waals surface area contributed by atoms with E-state index in [2.05, 4.69) is 24.7 Å². The van der Waals surface area contributed by atoms with Crippen molar-refractivity contribution in [2.24, 2.45) is 0 Å². The molecule has 0 aliphatic rings. The Morgan fingerprint density at radius 3 is 1.38 bits per heavy atom. The van der Waals surface area contributed by atoms with Crippen LogP contribution in [-0.4, -0.2) is 47.4 Å². The van der Waals surface area contributed by atoms with Crippen molar-refractivity contribution >= 4 is 57.8 Å². The van der Waals surface area contributed by atoms with E-state index in [9.17, 15) is 53.5 Å². The Kier molecular flexibility index (Phi) is 16.1. The predicted molar refractivity (Wildman–Crippen MR) is 183 cm³/mol. The summed E-state index contributed by atoms with van der Waals surface area (Å²) in [6, 6.07) is 3.58. The fraction of sp³-hybridized carbons (Fsp3) is 0.0909. The zero-order valence-electron chi connectivity index (χ0n) is 27.6. The maximum Gasteiger partial charge on any atom is 0.363 e. The van der Waals surface area contributed by atoms with E-state index in [1.54, 1.807) is 31.6 Å². The fourth-order valence-corrected chi connectivity index (χ4v) is 5.51. The number of carbonyl (C=O) groups excluding carboxylic acids is 1. The average Bonchev–Trinajstić information content (AvgIpc) is 3.89. The first-order chi connectivity index (χ1) is 26.4. The Morgan fingerprint density at radius 2 is 1.00 bits per heavy atom. The van der Waals surface area contributed by atoms with Gasteiger partial charge in [0.1, 0.15) is 10.0 Å². The molecule has 56 heavy (non-hydrogen) atoms. The fourth-order valence-electron chi connectivity index (χ4n) is 3.78. The van der Waals surface area contributed by atoms with Crippen molar-refractivity contribution in [1.82, 2.24) is 19.9 Å². The standard InChI is InChI=1S/C16H7F5N2O2S.C10H8N2O2S.C6HF5O.CH2Cl2/c1-6-2-3-22-4-7(6)15-23-8(5-26-15)16(24)25-14-12(20)10(18)9(17)11(19)13(14)21;1-6-2-3-11-4-7(6)9-12-8(5-15-9)10(13)14;7-1-2(8)4(10)6(12)5(11)3(1)9;2-1-3/h2-5H,1H3;2-5H,1H3,(H,13,14);12H;1H2. The third kappa shape index (κ3) is 10.5. The van der Waals surface area contributed by atoms with Gasteiger partial charge in [-0.2, -0.15) is 17.6 Å². The number of nitrogens with zero attached hydrogens (tertiary/aromatic N) is 4. The molecule has 0 fully saturated rings. The molecule has 2 aromatic carbocycles. The summed E-state index contributed by atoms with van der Waals surface area (Å²) in [5.74, 6) is -28.2. The molecule has 23 heteroatoms. The number of aromatic carboxylic acids is 1. The number of carboxylic acids is 1. The van der Waals surface area contributed by atoms with Crippen LogP contribution in [0.1, 0.15) is 32.1 Å². The van der Waals surface area contributed by atoms with Crippen LogP contribution in [0, 0.1) is 72.0 Å². The smallest absolute Gasteiger partial charge is 0.363 e. The van der Waals surface area contributed by atoms with Gasteiger partial charge in [0, 0.05) is 46.7 Å². The number of benzene rings is 2. The highest BCUT2D eigenvalue weighted by atomic mass is 35.5. The largest absolute Gasteiger partial charge is 0.503 e. The molecule has 0 amide bonds. The van der Waals surface area contributed by atoms with E-state index in [0.717, 1.165) is 28.0 Å². The van der Waals surface area contributed by atoms with Crippen LogP contribution in [0.3, 0.4) is 0 Å². The van der Waals surface area contributed by atoms with E-state index in [1.807, 2.05) is 13.0 Å². The number of aromatic hydroxyl groups is 1. The van der Waals surface area contributed by atoms with Crippen molar-refractivity contribution in [3.05, 3.63) is 128 Å². The maximum atomic E-state index is 13.6. The number of thiazole rings is 2. The lowest BCUT2D eigenvalue weighted by Gasteiger charge is -2.07. The van der Waals surface area contributed by atoms with Crippen molar-refractivity contribution in [3.8, 4) is 32.6 Å². The summed E-state index contributed by atoms with van der Waals surface area (Å²) in [6.07, 6.45) is 6.46. The second kappa shape index (κ2) is 20.0. The first kappa shape index (κ1) is 45.0. The Bertz CT molecular complexity index is 2250. The summed E-state index contributed by atoms with van der Waals surface area (Å²) in [5.41, 5.74) is 3.09. The highest BCUT2D eigenvalue weighted by Gasteiger charge is 2.30. The molecule has 4 heterocycles. The molecule has 6 aromatic rings. The number of phenolic OH excluding ortho intramolecular Hbond substituents is 1. The molecular weight excluding hydrogens is 857 g/mol. The van der Waals surface area contributed by atoms with Crippen molar-refractivity contribution in [2.75, 3.05) is 5.34 Å². The lowest BCUT2D eigenvalue weighted by atomic mass is 10.2. The topological polar surface area (TPSA) is 135 Å². The zero-order chi connectivity index (χ0) is 42.0. The number of esters is 1. The SMILES string of the molecule is Cc1ccncc1-c1nc(C(=O)O)cs1.Cc1ccncc1-c1nc(C(=O)Oc2c(F)c(F)c(F)c(F)c2F)cs1.ClCCl.Oc1c(F)c(F)c(F)c(F)c1F. The van der Waals surface area contributed by atoms with Gasteiger partial charge in [0.2, 0.25) is 63.9 Å². The van der Waals surface area contributed by atoms with Gasteiger partial charge in [-0.1, -0.05) is 0 Å². The van der Waals surface area contributed by atoms with Crippen LogP contribution in [0.2, 0.25) is 0 Å². The van der Waals surface area contributed by atoms with E-state index >= 15 is 0 Å². The number of hydrogen-bond donors (Lipinski definition) is 2. The number of aryl methyl sites for hydroxylation is 2. The first-order valence-corrected chi connectivity index (χ1v) is 17.2. The Hall–Kier alpha value is -5.38. The van der Waals surface area contributed by atoms with Gasteiger partial charge in [-0.05, 0) is 37.1 Å². The summed E-state index contributed by atoms with van der Waals surface area (Å²) < 4.78 is 131. The lowest BCUT2D eigenvalue weighted by Crippen LogP contribution is -2.14. The summed E-state index contributed by atoms with van der Waals surface area (Å²) in [5, 5.41) is 21.1. The van der Waals surface area contributed by atoms with Crippen LogP contribution in [0.25, 0.3) is 21.1 Å². The normalized spacial score (nSPS) is 10.3. The second-order valence-electron chi connectivity index (χ2n) is 10.1.